The van der Waals surface area contributed by atoms with E-state index in [1.165, 1.54) is 0 Å². The molecule has 3 rings (SSSR count). The number of fused-ring (bicyclic) bond motifs is 1. The molecule has 1 unspecified atom stereocenters. The van der Waals surface area contributed by atoms with E-state index in [1.807, 2.05) is 37.1 Å². The second kappa shape index (κ2) is 10.0. The zero-order valence-corrected chi connectivity index (χ0v) is 18.3. The number of hydrogen-bond acceptors (Lipinski definition) is 5. The lowest BCUT2D eigenvalue weighted by Crippen LogP contribution is -2.58. The Morgan fingerprint density at radius 1 is 1.43 bits per heavy atom. The van der Waals surface area contributed by atoms with Gasteiger partial charge in [-0.15, -0.1) is 0 Å². The van der Waals surface area contributed by atoms with Gasteiger partial charge in [-0.1, -0.05) is 6.92 Å². The van der Waals surface area contributed by atoms with Crippen LogP contribution in [0.2, 0.25) is 0 Å². The van der Waals surface area contributed by atoms with Crippen molar-refractivity contribution >= 4 is 22.8 Å². The third-order valence-electron chi connectivity index (χ3n) is 6.13. The molecule has 8 nitrogen and oxygen atoms in total. The first-order valence-electron chi connectivity index (χ1n) is 10.7. The molecule has 3 N–H and O–H groups in total. The van der Waals surface area contributed by atoms with Crippen LogP contribution in [0.15, 0.2) is 24.5 Å². The summed E-state index contributed by atoms with van der Waals surface area (Å²) in [6, 6.07) is 3.02. The molecule has 2 aromatic heterocycles. The third-order valence-corrected chi connectivity index (χ3v) is 6.13. The fourth-order valence-electron chi connectivity index (χ4n) is 4.24. The Balaban J connectivity index is 1.76. The van der Waals surface area contributed by atoms with E-state index in [4.69, 9.17) is 4.74 Å². The fraction of sp³-hybridized carbons (Fsp3) is 0.591. The Hall–Kier alpha value is -2.45. The number of carbonyl (C=O) groups is 2. The number of amides is 2. The molecule has 0 bridgehead atoms. The highest BCUT2D eigenvalue weighted by Gasteiger charge is 2.37. The van der Waals surface area contributed by atoms with Crippen LogP contribution in [0.25, 0.3) is 11.0 Å². The van der Waals surface area contributed by atoms with E-state index in [0.717, 1.165) is 35.9 Å². The van der Waals surface area contributed by atoms with Crippen LogP contribution in [0.5, 0.6) is 0 Å². The molecule has 1 aliphatic rings. The molecule has 4 atom stereocenters. The number of hydrogen-bond donors (Lipinski definition) is 3. The van der Waals surface area contributed by atoms with Gasteiger partial charge in [-0.2, -0.15) is 0 Å². The number of methoxy groups -OCH3 is 1. The second-order valence-corrected chi connectivity index (χ2v) is 7.92. The maximum atomic E-state index is 13.5. The summed E-state index contributed by atoms with van der Waals surface area (Å²) < 4.78 is 5.44. The molecule has 0 aliphatic carbocycles. The second-order valence-electron chi connectivity index (χ2n) is 7.92. The summed E-state index contributed by atoms with van der Waals surface area (Å²) in [5, 5.41) is 7.00. The molecule has 1 fully saturated rings. The highest BCUT2D eigenvalue weighted by atomic mass is 16.5. The number of nitrogens with one attached hydrogen (secondary N) is 3. The topological polar surface area (TPSA) is 99.4 Å². The number of nitrogens with zero attached hydrogens (tertiary/aromatic N) is 2. The number of ether oxygens (including phenoxy) is 1. The van der Waals surface area contributed by atoms with Gasteiger partial charge in [0.05, 0.1) is 12.1 Å². The maximum absolute atomic E-state index is 13.5. The van der Waals surface area contributed by atoms with Crippen molar-refractivity contribution < 1.29 is 14.3 Å². The predicted octanol–water partition coefficient (Wildman–Crippen LogP) is 1.61. The molecule has 1 aliphatic heterocycles. The zero-order valence-electron chi connectivity index (χ0n) is 18.3. The first-order valence-corrected chi connectivity index (χ1v) is 10.7. The average molecular weight is 416 g/mol. The minimum Gasteiger partial charge on any atom is -0.379 e. The quantitative estimate of drug-likeness (QED) is 0.578. The summed E-state index contributed by atoms with van der Waals surface area (Å²) >= 11 is 0. The van der Waals surface area contributed by atoms with Crippen molar-refractivity contribution in [1.82, 2.24) is 25.5 Å². The van der Waals surface area contributed by atoms with Gasteiger partial charge in [0, 0.05) is 37.5 Å². The fourth-order valence-corrected chi connectivity index (χ4v) is 4.24. The third kappa shape index (κ3) is 4.65. The molecule has 0 aromatic carbocycles. The number of likely N-dealkylation sites (tertiary alicyclic amines) is 1. The van der Waals surface area contributed by atoms with Crippen LogP contribution >= 0.6 is 0 Å². The van der Waals surface area contributed by atoms with Gasteiger partial charge in [-0.25, -0.2) is 4.98 Å². The van der Waals surface area contributed by atoms with E-state index < -0.39 is 12.1 Å². The van der Waals surface area contributed by atoms with E-state index in [-0.39, 0.29) is 23.9 Å². The van der Waals surface area contributed by atoms with Crippen molar-refractivity contribution in [3.8, 4) is 0 Å². The van der Waals surface area contributed by atoms with Gasteiger partial charge < -0.3 is 25.3 Å². The van der Waals surface area contributed by atoms with E-state index in [2.05, 4.69) is 20.6 Å². The average Bonchev–Trinajstić information content (AvgIpc) is 3.39. The van der Waals surface area contributed by atoms with E-state index in [1.54, 1.807) is 20.4 Å². The molecule has 0 radical (unpaired) electrons. The molecule has 30 heavy (non-hydrogen) atoms. The minimum absolute atomic E-state index is 0.0795. The van der Waals surface area contributed by atoms with Crippen LogP contribution in [0.1, 0.15) is 38.7 Å². The first-order chi connectivity index (χ1) is 14.5. The lowest BCUT2D eigenvalue weighted by atomic mass is 10.0. The van der Waals surface area contributed by atoms with E-state index >= 15 is 0 Å². The number of rotatable bonds is 9. The van der Waals surface area contributed by atoms with Crippen molar-refractivity contribution in [2.45, 2.75) is 63.8 Å². The molecule has 8 heteroatoms. The summed E-state index contributed by atoms with van der Waals surface area (Å²) in [6.07, 6.45) is 6.62. The molecular weight excluding hydrogens is 382 g/mol. The molecule has 2 amide bonds. The van der Waals surface area contributed by atoms with Crippen LogP contribution in [0.4, 0.5) is 0 Å². The highest BCUT2D eigenvalue weighted by molar-refractivity contribution is 5.90. The molecule has 2 aromatic rings. The van der Waals surface area contributed by atoms with Gasteiger partial charge in [-0.05, 0) is 57.4 Å². The highest BCUT2D eigenvalue weighted by Crippen LogP contribution is 2.26. The Kier molecular flexibility index (Phi) is 7.44. The van der Waals surface area contributed by atoms with Gasteiger partial charge in [0.15, 0.2) is 0 Å². The van der Waals surface area contributed by atoms with Crippen LogP contribution in [0, 0.1) is 0 Å². The van der Waals surface area contributed by atoms with Crippen molar-refractivity contribution in [2.75, 3.05) is 20.7 Å². The standard InChI is InChI=1S/C22H33N5O3/c1-5-18(23-3)21(28)26-19(14(2)30-4)22(29)27-11-7-8-16(27)12-15-13-25-20-17(15)9-6-10-24-20/h6,9-10,13-14,16,18-19,23H,5,7-8,11-12H2,1-4H3,(H,24,25)(H,26,28)/t14?,16-,18+,19+/m1/s1. The number of carbonyl (C=O) groups excluding carboxylic acids is 2. The molecule has 0 saturated carbocycles. The summed E-state index contributed by atoms with van der Waals surface area (Å²) in [6.45, 7) is 4.44. The summed E-state index contributed by atoms with van der Waals surface area (Å²) in [5.41, 5.74) is 2.02. The Morgan fingerprint density at radius 3 is 2.93 bits per heavy atom. The van der Waals surface area contributed by atoms with Gasteiger partial charge >= 0.3 is 0 Å². The molecular formula is C22H33N5O3. The van der Waals surface area contributed by atoms with Gasteiger partial charge in [0.25, 0.3) is 0 Å². The van der Waals surface area contributed by atoms with Crippen molar-refractivity contribution in [1.29, 1.82) is 0 Å². The zero-order chi connectivity index (χ0) is 21.7. The number of pyridine rings is 1. The minimum atomic E-state index is -0.713. The van der Waals surface area contributed by atoms with Crippen LogP contribution in [-0.4, -0.2) is 71.6 Å². The summed E-state index contributed by atoms with van der Waals surface area (Å²) in [7, 11) is 3.31. The van der Waals surface area contributed by atoms with E-state index in [9.17, 15) is 9.59 Å². The number of aromatic nitrogens is 2. The lowest BCUT2D eigenvalue weighted by Gasteiger charge is -2.32. The van der Waals surface area contributed by atoms with Crippen molar-refractivity contribution in [3.63, 3.8) is 0 Å². The summed E-state index contributed by atoms with van der Waals surface area (Å²) in [5.74, 6) is -0.259. The SMILES string of the molecule is CC[C@H](NC)C(=O)N[C@H](C(=O)N1CCC[C@@H]1Cc1c[nH]c2ncccc12)C(C)OC. The van der Waals surface area contributed by atoms with Crippen molar-refractivity contribution in [2.24, 2.45) is 0 Å². The van der Waals surface area contributed by atoms with Gasteiger partial charge in [0.1, 0.15) is 11.7 Å². The smallest absolute Gasteiger partial charge is 0.248 e. The molecule has 1 saturated heterocycles. The van der Waals surface area contributed by atoms with Crippen LogP contribution in [-0.2, 0) is 20.7 Å². The van der Waals surface area contributed by atoms with Gasteiger partial charge in [-0.3, -0.25) is 9.59 Å². The predicted molar refractivity (Wildman–Crippen MR) is 116 cm³/mol. The number of aromatic amines is 1. The number of H-pyrrole nitrogens is 1. The molecule has 3 heterocycles. The monoisotopic (exact) mass is 415 g/mol. The Morgan fingerprint density at radius 2 is 2.23 bits per heavy atom. The van der Waals surface area contributed by atoms with Crippen molar-refractivity contribution in [3.05, 3.63) is 30.1 Å². The Bertz CT molecular complexity index is 863. The van der Waals surface area contributed by atoms with E-state index in [0.29, 0.717) is 13.0 Å². The lowest BCUT2D eigenvalue weighted by molar-refractivity contribution is -0.141. The summed E-state index contributed by atoms with van der Waals surface area (Å²) in [4.78, 5) is 35.6. The number of likely N-dealkylation sites (N-methyl/N-ethyl adjacent to an activating group) is 1. The largest absolute Gasteiger partial charge is 0.379 e. The molecule has 164 valence electrons. The molecule has 0 spiro atoms. The maximum Gasteiger partial charge on any atom is 0.248 e. The normalized spacial score (nSPS) is 19.6. The van der Waals surface area contributed by atoms with Crippen LogP contribution < -0.4 is 10.6 Å². The first kappa shape index (κ1) is 22.2. The Labute approximate surface area is 177 Å². The van der Waals surface area contributed by atoms with Gasteiger partial charge in [0.2, 0.25) is 11.8 Å². The van der Waals surface area contributed by atoms with Crippen LogP contribution in [0.3, 0.4) is 0 Å².